The second-order valence-corrected chi connectivity index (χ2v) is 7.28. The SMILES string of the molecule is CNC1CCN(C2CCCCC2C(C)C)C(C)C1C. The maximum atomic E-state index is 3.51. The van der Waals surface area contributed by atoms with Gasteiger partial charge in [-0.2, -0.15) is 0 Å². The summed E-state index contributed by atoms with van der Waals surface area (Å²) < 4.78 is 0. The molecule has 0 aromatic carbocycles. The molecule has 2 rings (SSSR count). The number of nitrogens with zero attached hydrogens (tertiary/aromatic N) is 1. The van der Waals surface area contributed by atoms with Gasteiger partial charge >= 0.3 is 0 Å². The van der Waals surface area contributed by atoms with Gasteiger partial charge in [0.15, 0.2) is 0 Å². The Hall–Kier alpha value is -0.0800. The number of rotatable bonds is 3. The zero-order chi connectivity index (χ0) is 14.0. The van der Waals surface area contributed by atoms with Crippen molar-refractivity contribution in [2.24, 2.45) is 17.8 Å². The molecule has 19 heavy (non-hydrogen) atoms. The van der Waals surface area contributed by atoms with Gasteiger partial charge < -0.3 is 5.32 Å². The van der Waals surface area contributed by atoms with Gasteiger partial charge in [-0.3, -0.25) is 4.90 Å². The minimum absolute atomic E-state index is 0.715. The molecule has 2 heteroatoms. The van der Waals surface area contributed by atoms with Crippen molar-refractivity contribution < 1.29 is 0 Å². The van der Waals surface area contributed by atoms with E-state index in [1.807, 2.05) is 0 Å². The maximum absolute atomic E-state index is 3.51. The van der Waals surface area contributed by atoms with Crippen molar-refractivity contribution in [1.82, 2.24) is 10.2 Å². The molecule has 1 saturated carbocycles. The van der Waals surface area contributed by atoms with Crippen LogP contribution in [0.25, 0.3) is 0 Å². The summed E-state index contributed by atoms with van der Waals surface area (Å²) in [6, 6.07) is 2.30. The third kappa shape index (κ3) is 3.16. The molecular weight excluding hydrogens is 232 g/mol. The van der Waals surface area contributed by atoms with Gasteiger partial charge in [-0.05, 0) is 51.0 Å². The lowest BCUT2D eigenvalue weighted by Gasteiger charge is -2.50. The number of piperidine rings is 1. The Kier molecular flexibility index (Phi) is 5.30. The van der Waals surface area contributed by atoms with Crippen molar-refractivity contribution >= 4 is 0 Å². The van der Waals surface area contributed by atoms with Gasteiger partial charge in [0, 0.05) is 24.7 Å². The monoisotopic (exact) mass is 266 g/mol. The molecule has 0 aromatic rings. The van der Waals surface area contributed by atoms with Crippen LogP contribution in [-0.2, 0) is 0 Å². The summed E-state index contributed by atoms with van der Waals surface area (Å²) in [6.07, 6.45) is 7.11. The number of nitrogens with one attached hydrogen (secondary N) is 1. The van der Waals surface area contributed by atoms with Crippen LogP contribution in [-0.4, -0.2) is 36.6 Å². The van der Waals surface area contributed by atoms with Crippen LogP contribution in [0.1, 0.15) is 59.8 Å². The van der Waals surface area contributed by atoms with E-state index in [9.17, 15) is 0 Å². The zero-order valence-corrected chi connectivity index (χ0v) is 13.7. The van der Waals surface area contributed by atoms with Gasteiger partial charge in [0.1, 0.15) is 0 Å². The Bertz CT molecular complexity index is 276. The van der Waals surface area contributed by atoms with E-state index in [2.05, 4.69) is 45.0 Å². The minimum Gasteiger partial charge on any atom is -0.317 e. The average Bonchev–Trinajstić information content (AvgIpc) is 2.42. The first-order valence-electron chi connectivity index (χ1n) is 8.49. The molecular formula is C17H34N2. The van der Waals surface area contributed by atoms with Gasteiger partial charge in [0.2, 0.25) is 0 Å². The predicted molar refractivity (Wildman–Crippen MR) is 83.4 cm³/mol. The first-order valence-corrected chi connectivity index (χ1v) is 8.49. The molecule has 0 spiro atoms. The minimum atomic E-state index is 0.715. The number of likely N-dealkylation sites (tertiary alicyclic amines) is 1. The van der Waals surface area contributed by atoms with Crippen molar-refractivity contribution in [2.75, 3.05) is 13.6 Å². The summed E-state index contributed by atoms with van der Waals surface area (Å²) in [6.45, 7) is 11.0. The van der Waals surface area contributed by atoms with Crippen molar-refractivity contribution in [3.63, 3.8) is 0 Å². The highest BCUT2D eigenvalue weighted by Gasteiger charge is 2.39. The van der Waals surface area contributed by atoms with Crippen LogP contribution in [0.3, 0.4) is 0 Å². The fourth-order valence-electron chi connectivity index (χ4n) is 4.60. The molecule has 0 bridgehead atoms. The molecule has 2 fully saturated rings. The van der Waals surface area contributed by atoms with E-state index in [-0.39, 0.29) is 0 Å². The van der Waals surface area contributed by atoms with Gasteiger partial charge in [0.05, 0.1) is 0 Å². The number of hydrogen-bond donors (Lipinski definition) is 1. The Morgan fingerprint density at radius 1 is 1.05 bits per heavy atom. The molecule has 1 saturated heterocycles. The first kappa shape index (κ1) is 15.3. The highest BCUT2D eigenvalue weighted by molar-refractivity contribution is 4.94. The fraction of sp³-hybridized carbons (Fsp3) is 1.00. The molecule has 1 heterocycles. The molecule has 2 nitrogen and oxygen atoms in total. The van der Waals surface area contributed by atoms with Crippen molar-refractivity contribution in [2.45, 2.75) is 77.9 Å². The standard InChI is InChI=1S/C17H34N2/c1-12(2)15-8-6-7-9-17(15)19-11-10-16(18-5)13(3)14(19)4/h12-18H,6-11H2,1-5H3. The van der Waals surface area contributed by atoms with Crippen LogP contribution >= 0.6 is 0 Å². The molecule has 5 atom stereocenters. The van der Waals surface area contributed by atoms with E-state index < -0.39 is 0 Å². The van der Waals surface area contributed by atoms with Crippen LogP contribution in [0, 0.1) is 17.8 Å². The summed E-state index contributed by atoms with van der Waals surface area (Å²) in [5.74, 6) is 2.54. The average molecular weight is 266 g/mol. The summed E-state index contributed by atoms with van der Waals surface area (Å²) in [5, 5.41) is 3.51. The second kappa shape index (κ2) is 6.58. The topological polar surface area (TPSA) is 15.3 Å². The van der Waals surface area contributed by atoms with Gasteiger partial charge in [0.25, 0.3) is 0 Å². The molecule has 1 N–H and O–H groups in total. The van der Waals surface area contributed by atoms with Gasteiger partial charge in [-0.25, -0.2) is 0 Å². The smallest absolute Gasteiger partial charge is 0.0129 e. The van der Waals surface area contributed by atoms with Crippen molar-refractivity contribution in [3.05, 3.63) is 0 Å². The lowest BCUT2D eigenvalue weighted by molar-refractivity contribution is -0.00303. The zero-order valence-electron chi connectivity index (χ0n) is 13.7. The van der Waals surface area contributed by atoms with E-state index in [4.69, 9.17) is 0 Å². The third-order valence-corrected chi connectivity index (χ3v) is 6.05. The largest absolute Gasteiger partial charge is 0.317 e. The van der Waals surface area contributed by atoms with Crippen LogP contribution in [0.15, 0.2) is 0 Å². The molecule has 0 radical (unpaired) electrons. The van der Waals surface area contributed by atoms with Gasteiger partial charge in [-0.15, -0.1) is 0 Å². The molecule has 0 aromatic heterocycles. The lowest BCUT2D eigenvalue weighted by Crippen LogP contribution is -2.58. The van der Waals surface area contributed by atoms with Crippen LogP contribution in [0.4, 0.5) is 0 Å². The molecule has 0 amide bonds. The van der Waals surface area contributed by atoms with E-state index in [0.717, 1.165) is 29.8 Å². The fourth-order valence-corrected chi connectivity index (χ4v) is 4.60. The quantitative estimate of drug-likeness (QED) is 0.841. The Labute approximate surface area is 120 Å². The summed E-state index contributed by atoms with van der Waals surface area (Å²) >= 11 is 0. The van der Waals surface area contributed by atoms with E-state index in [1.54, 1.807) is 0 Å². The summed E-state index contributed by atoms with van der Waals surface area (Å²) in [7, 11) is 2.13. The molecule has 5 unspecified atom stereocenters. The normalized spacial score (nSPS) is 41.7. The van der Waals surface area contributed by atoms with Crippen LogP contribution in [0.5, 0.6) is 0 Å². The molecule has 112 valence electrons. The van der Waals surface area contributed by atoms with Crippen LogP contribution in [0.2, 0.25) is 0 Å². The Balaban J connectivity index is 2.07. The Morgan fingerprint density at radius 3 is 2.37 bits per heavy atom. The van der Waals surface area contributed by atoms with E-state index >= 15 is 0 Å². The third-order valence-electron chi connectivity index (χ3n) is 6.05. The van der Waals surface area contributed by atoms with E-state index in [0.29, 0.717) is 6.04 Å². The first-order chi connectivity index (χ1) is 9.06. The molecule has 2 aliphatic rings. The second-order valence-electron chi connectivity index (χ2n) is 7.28. The maximum Gasteiger partial charge on any atom is 0.0129 e. The number of hydrogen-bond acceptors (Lipinski definition) is 2. The van der Waals surface area contributed by atoms with Crippen molar-refractivity contribution in [3.8, 4) is 0 Å². The highest BCUT2D eigenvalue weighted by Crippen LogP contribution is 2.37. The molecule has 1 aliphatic carbocycles. The highest BCUT2D eigenvalue weighted by atomic mass is 15.2. The lowest BCUT2D eigenvalue weighted by atomic mass is 9.75. The van der Waals surface area contributed by atoms with Crippen LogP contribution < -0.4 is 5.32 Å². The Morgan fingerprint density at radius 2 is 1.74 bits per heavy atom. The summed E-state index contributed by atoms with van der Waals surface area (Å²) in [4.78, 5) is 2.86. The van der Waals surface area contributed by atoms with Crippen molar-refractivity contribution in [1.29, 1.82) is 0 Å². The summed E-state index contributed by atoms with van der Waals surface area (Å²) in [5.41, 5.74) is 0. The molecule has 1 aliphatic heterocycles. The van der Waals surface area contributed by atoms with E-state index in [1.165, 1.54) is 38.6 Å². The van der Waals surface area contributed by atoms with Gasteiger partial charge in [-0.1, -0.05) is 33.6 Å². The predicted octanol–water partition coefficient (Wildman–Crippen LogP) is 3.52.